The number of hydrogen-bond donors (Lipinski definition) is 2. The van der Waals surface area contributed by atoms with Crippen LogP contribution in [0, 0.1) is 5.82 Å². The fourth-order valence-electron chi connectivity index (χ4n) is 5.46. The minimum atomic E-state index is -4.67. The monoisotopic (exact) mass is 662 g/mol. The fraction of sp³-hybridized carbons (Fsp3) is 0.125. The third-order valence-corrected chi connectivity index (χ3v) is 9.07. The second-order valence-corrected chi connectivity index (χ2v) is 12.6. The van der Waals surface area contributed by atoms with E-state index in [-0.39, 0.29) is 50.6 Å². The highest BCUT2D eigenvalue weighted by atomic mass is 32.2. The first-order valence-corrected chi connectivity index (χ1v) is 15.8. The largest absolute Gasteiger partial charge is 0.455 e. The van der Waals surface area contributed by atoms with Gasteiger partial charge in [0.05, 0.1) is 39.2 Å². The van der Waals surface area contributed by atoms with Gasteiger partial charge < -0.3 is 9.73 Å². The molecule has 2 aromatic carbocycles. The number of alkyl halides is 3. The van der Waals surface area contributed by atoms with E-state index in [1.165, 1.54) is 32.2 Å². The van der Waals surface area contributed by atoms with Gasteiger partial charge in [-0.05, 0) is 55.5 Å². The molecule has 1 amide bonds. The van der Waals surface area contributed by atoms with Gasteiger partial charge in [-0.2, -0.15) is 13.2 Å². The molecule has 238 valence electrons. The van der Waals surface area contributed by atoms with Gasteiger partial charge in [-0.3, -0.25) is 18.9 Å². The predicted molar refractivity (Wildman–Crippen MR) is 168 cm³/mol. The summed E-state index contributed by atoms with van der Waals surface area (Å²) >= 11 is 0. The number of amides is 1. The Morgan fingerprint density at radius 3 is 2.51 bits per heavy atom. The Morgan fingerprint density at radius 1 is 1.00 bits per heavy atom. The van der Waals surface area contributed by atoms with Crippen LogP contribution in [0.25, 0.3) is 61.0 Å². The molecule has 5 heterocycles. The van der Waals surface area contributed by atoms with Crippen LogP contribution in [0.2, 0.25) is 0 Å². The fourth-order valence-corrected chi connectivity index (χ4v) is 6.11. The van der Waals surface area contributed by atoms with Crippen molar-refractivity contribution in [3.63, 3.8) is 0 Å². The Morgan fingerprint density at radius 2 is 1.81 bits per heavy atom. The van der Waals surface area contributed by atoms with Crippen LogP contribution in [0.4, 0.5) is 23.2 Å². The molecule has 0 aliphatic carbocycles. The molecule has 7 rings (SSSR count). The van der Waals surface area contributed by atoms with Gasteiger partial charge in [0.2, 0.25) is 10.0 Å². The smallest absolute Gasteiger partial charge is 0.433 e. The molecule has 0 aliphatic rings. The first kappa shape index (κ1) is 30.1. The highest BCUT2D eigenvalue weighted by Crippen LogP contribution is 2.41. The van der Waals surface area contributed by atoms with Crippen molar-refractivity contribution in [1.29, 1.82) is 0 Å². The molecule has 47 heavy (non-hydrogen) atoms. The van der Waals surface area contributed by atoms with E-state index in [1.54, 1.807) is 41.1 Å². The predicted octanol–water partition coefficient (Wildman–Crippen LogP) is 6.79. The summed E-state index contributed by atoms with van der Waals surface area (Å²) in [5.41, 5.74) is 1.71. The molecule has 2 N–H and O–H groups in total. The maximum Gasteiger partial charge on any atom is 0.433 e. The summed E-state index contributed by atoms with van der Waals surface area (Å²) in [7, 11) is -2.46. The quantitative estimate of drug-likeness (QED) is 0.188. The number of carbonyl (C=O) groups excluding carboxylic acids is 1. The molecule has 7 aromatic rings. The van der Waals surface area contributed by atoms with Gasteiger partial charge in [-0.1, -0.05) is 6.07 Å². The highest BCUT2D eigenvalue weighted by Gasteiger charge is 2.33. The SMILES string of the molecule is CCS(=O)(=O)Nc1cc2oc(-c3ccc(C(F)(F)F)nc3)c(C(=O)NC)c2cc1-c1ccc2ncn3c4cccc(F)c4cc3c2n1. The second kappa shape index (κ2) is 10.8. The van der Waals surface area contributed by atoms with Crippen molar-refractivity contribution in [3.8, 4) is 22.6 Å². The number of carbonyl (C=O) groups is 1. The van der Waals surface area contributed by atoms with Crippen LogP contribution in [0.5, 0.6) is 0 Å². The lowest BCUT2D eigenvalue weighted by Gasteiger charge is -2.13. The van der Waals surface area contributed by atoms with E-state index < -0.39 is 33.6 Å². The number of nitrogens with zero attached hydrogens (tertiary/aromatic N) is 4. The van der Waals surface area contributed by atoms with Gasteiger partial charge in [-0.25, -0.2) is 22.8 Å². The lowest BCUT2D eigenvalue weighted by atomic mass is 10.0. The van der Waals surface area contributed by atoms with Crippen LogP contribution in [0.1, 0.15) is 23.0 Å². The Labute approximate surface area is 263 Å². The lowest BCUT2D eigenvalue weighted by molar-refractivity contribution is -0.141. The average molecular weight is 663 g/mol. The number of sulfonamides is 1. The Balaban J connectivity index is 1.49. The van der Waals surface area contributed by atoms with Crippen LogP contribution >= 0.6 is 0 Å². The van der Waals surface area contributed by atoms with Gasteiger partial charge in [0, 0.05) is 41.2 Å². The number of anilines is 1. The van der Waals surface area contributed by atoms with Gasteiger partial charge >= 0.3 is 6.18 Å². The molecular formula is C32H22F4N6O4S. The van der Waals surface area contributed by atoms with Gasteiger partial charge in [0.15, 0.2) is 0 Å². The van der Waals surface area contributed by atoms with Gasteiger partial charge in [0.1, 0.15) is 34.7 Å². The molecule has 0 saturated heterocycles. The van der Waals surface area contributed by atoms with Crippen molar-refractivity contribution in [2.45, 2.75) is 13.1 Å². The normalized spacial score (nSPS) is 12.4. The summed E-state index contributed by atoms with van der Waals surface area (Å²) in [6, 6.07) is 14.5. The minimum absolute atomic E-state index is 0.00614. The molecular weight excluding hydrogens is 640 g/mol. The maximum atomic E-state index is 14.7. The number of fused-ring (bicyclic) bond motifs is 6. The number of aromatic nitrogens is 4. The summed E-state index contributed by atoms with van der Waals surface area (Å²) in [4.78, 5) is 26.0. The topological polar surface area (TPSA) is 131 Å². The molecule has 0 radical (unpaired) electrons. The molecule has 15 heteroatoms. The lowest BCUT2D eigenvalue weighted by Crippen LogP contribution is -2.18. The summed E-state index contributed by atoms with van der Waals surface area (Å²) in [6.07, 6.45) is -2.17. The highest BCUT2D eigenvalue weighted by molar-refractivity contribution is 7.92. The number of benzene rings is 2. The molecule has 0 spiro atoms. The van der Waals surface area contributed by atoms with Crippen molar-refractivity contribution in [2.24, 2.45) is 0 Å². The van der Waals surface area contributed by atoms with E-state index in [9.17, 15) is 30.8 Å². The van der Waals surface area contributed by atoms with Crippen LogP contribution in [0.3, 0.4) is 0 Å². The zero-order valence-electron chi connectivity index (χ0n) is 24.5. The van der Waals surface area contributed by atoms with Crippen LogP contribution < -0.4 is 10.0 Å². The number of rotatable bonds is 6. The van der Waals surface area contributed by atoms with E-state index in [2.05, 4.69) is 20.0 Å². The van der Waals surface area contributed by atoms with Crippen molar-refractivity contribution < 1.29 is 35.2 Å². The van der Waals surface area contributed by atoms with Crippen LogP contribution in [-0.4, -0.2) is 46.5 Å². The van der Waals surface area contributed by atoms with Crippen molar-refractivity contribution in [1.82, 2.24) is 24.7 Å². The third kappa shape index (κ3) is 5.08. The van der Waals surface area contributed by atoms with E-state index in [0.717, 1.165) is 18.3 Å². The molecule has 0 atom stereocenters. The van der Waals surface area contributed by atoms with Crippen LogP contribution in [-0.2, 0) is 16.2 Å². The molecule has 0 aliphatic heterocycles. The third-order valence-electron chi connectivity index (χ3n) is 7.78. The van der Waals surface area contributed by atoms with E-state index in [1.807, 2.05) is 0 Å². The number of furan rings is 1. The van der Waals surface area contributed by atoms with Crippen molar-refractivity contribution in [3.05, 3.63) is 90.3 Å². The number of halogens is 4. The summed E-state index contributed by atoms with van der Waals surface area (Å²) in [5, 5.41) is 3.12. The Kier molecular flexibility index (Phi) is 6.89. The van der Waals surface area contributed by atoms with Gasteiger partial charge in [-0.15, -0.1) is 0 Å². The first-order chi connectivity index (χ1) is 22.4. The van der Waals surface area contributed by atoms with Gasteiger partial charge in [0.25, 0.3) is 5.91 Å². The van der Waals surface area contributed by atoms with E-state index in [4.69, 9.17) is 9.40 Å². The minimum Gasteiger partial charge on any atom is -0.455 e. The molecule has 0 unspecified atom stereocenters. The molecule has 5 aromatic heterocycles. The average Bonchev–Trinajstić information content (AvgIpc) is 3.63. The summed E-state index contributed by atoms with van der Waals surface area (Å²) in [5.74, 6) is -1.35. The number of hydrogen-bond acceptors (Lipinski definition) is 7. The first-order valence-electron chi connectivity index (χ1n) is 14.1. The molecule has 0 saturated carbocycles. The Bertz CT molecular complexity index is 2510. The van der Waals surface area contributed by atoms with Crippen molar-refractivity contribution in [2.75, 3.05) is 17.5 Å². The summed E-state index contributed by atoms with van der Waals surface area (Å²) < 4.78 is 90.1. The standard InChI is InChI=1S/C32H22F4N6O4S/c1-3-47(44,45)41-23-13-26-19(28(31(43)37-2)30(46-26)16-7-10-27(38-14-16)32(34,35)36)11-18(23)21-8-9-22-29(40-21)25-12-17-20(33)5-4-6-24(17)42(25)15-39-22/h4-15,41H,3H2,1-2H3,(H,37,43). The number of nitrogens with one attached hydrogen (secondary N) is 2. The summed E-state index contributed by atoms with van der Waals surface area (Å²) in [6.45, 7) is 1.46. The van der Waals surface area contributed by atoms with E-state index in [0.29, 0.717) is 27.5 Å². The molecule has 0 bridgehead atoms. The Hall–Kier alpha value is -5.57. The molecule has 10 nitrogen and oxygen atoms in total. The second-order valence-electron chi connectivity index (χ2n) is 10.6. The molecule has 0 fully saturated rings. The maximum absolute atomic E-state index is 14.7. The number of pyridine rings is 2. The van der Waals surface area contributed by atoms with Crippen LogP contribution in [0.15, 0.2) is 77.6 Å². The van der Waals surface area contributed by atoms with Crippen molar-refractivity contribution >= 4 is 60.0 Å². The zero-order valence-corrected chi connectivity index (χ0v) is 25.3. The zero-order chi connectivity index (χ0) is 33.2. The van der Waals surface area contributed by atoms with E-state index >= 15 is 0 Å².